The molecule has 4 nitrogen and oxygen atoms in total. The molecule has 0 saturated carbocycles. The van der Waals surface area contributed by atoms with Gasteiger partial charge in [-0.2, -0.15) is 11.8 Å². The van der Waals surface area contributed by atoms with Crippen LogP contribution in [-0.4, -0.2) is 24.2 Å². The van der Waals surface area contributed by atoms with Gasteiger partial charge in [-0.05, 0) is 17.7 Å². The van der Waals surface area contributed by atoms with E-state index in [-0.39, 0.29) is 0 Å². The second-order valence-corrected chi connectivity index (χ2v) is 5.72. The first kappa shape index (κ1) is 16.1. The smallest absolute Gasteiger partial charge is 0.321 e. The average molecular weight is 314 g/mol. The number of hydrogen-bond acceptors (Lipinski definition) is 3. The summed E-state index contributed by atoms with van der Waals surface area (Å²) in [7, 11) is 0. The van der Waals surface area contributed by atoms with Gasteiger partial charge in [-0.1, -0.05) is 48.5 Å². The molecule has 22 heavy (non-hydrogen) atoms. The molecule has 0 atom stereocenters. The Kier molecular flexibility index (Phi) is 6.51. The largest absolute Gasteiger partial charge is 0.337 e. The highest BCUT2D eigenvalue weighted by Crippen LogP contribution is 2.10. The summed E-state index contributed by atoms with van der Waals surface area (Å²) in [6.07, 6.45) is 0. The Bertz CT molecular complexity index is 603. The molecule has 0 aliphatic heterocycles. The van der Waals surface area contributed by atoms with E-state index in [0.29, 0.717) is 12.1 Å². The lowest BCUT2D eigenvalue weighted by Crippen LogP contribution is -2.40. The number of imide groups is 1. The van der Waals surface area contributed by atoms with E-state index in [1.165, 1.54) is 5.56 Å². The quantitative estimate of drug-likeness (QED) is 0.806. The minimum Gasteiger partial charge on any atom is -0.337 e. The third kappa shape index (κ3) is 5.61. The molecule has 0 fully saturated rings. The van der Waals surface area contributed by atoms with Crippen molar-refractivity contribution in [2.24, 2.45) is 0 Å². The van der Waals surface area contributed by atoms with Crippen molar-refractivity contribution in [3.8, 4) is 0 Å². The van der Waals surface area contributed by atoms with Gasteiger partial charge in [0.2, 0.25) is 0 Å². The van der Waals surface area contributed by atoms with Crippen LogP contribution in [0.15, 0.2) is 60.7 Å². The van der Waals surface area contributed by atoms with Gasteiger partial charge in [-0.15, -0.1) is 0 Å². The highest BCUT2D eigenvalue weighted by molar-refractivity contribution is 7.98. The Morgan fingerprint density at radius 1 is 0.909 bits per heavy atom. The second kappa shape index (κ2) is 8.89. The molecular formula is C17H18N2O2S. The van der Waals surface area contributed by atoms with Crippen molar-refractivity contribution in [3.63, 3.8) is 0 Å². The van der Waals surface area contributed by atoms with E-state index in [4.69, 9.17) is 0 Å². The van der Waals surface area contributed by atoms with Gasteiger partial charge in [-0.25, -0.2) is 4.79 Å². The van der Waals surface area contributed by atoms with Crippen LogP contribution >= 0.6 is 11.8 Å². The highest BCUT2D eigenvalue weighted by Gasteiger charge is 2.08. The van der Waals surface area contributed by atoms with Crippen LogP contribution in [-0.2, 0) is 5.75 Å². The van der Waals surface area contributed by atoms with Crippen LogP contribution in [0.3, 0.4) is 0 Å². The summed E-state index contributed by atoms with van der Waals surface area (Å²) < 4.78 is 0. The molecule has 2 N–H and O–H groups in total. The number of urea groups is 1. The Morgan fingerprint density at radius 3 is 2.23 bits per heavy atom. The molecule has 0 unspecified atom stereocenters. The van der Waals surface area contributed by atoms with Crippen LogP contribution in [0.5, 0.6) is 0 Å². The first-order valence-corrected chi connectivity index (χ1v) is 8.17. The number of carbonyl (C=O) groups excluding carboxylic acids is 2. The lowest BCUT2D eigenvalue weighted by Gasteiger charge is -2.06. The molecule has 114 valence electrons. The molecule has 0 saturated heterocycles. The van der Waals surface area contributed by atoms with E-state index in [1.54, 1.807) is 36.0 Å². The summed E-state index contributed by atoms with van der Waals surface area (Å²) in [5.41, 5.74) is 1.73. The Morgan fingerprint density at radius 2 is 1.55 bits per heavy atom. The van der Waals surface area contributed by atoms with Gasteiger partial charge >= 0.3 is 6.03 Å². The summed E-state index contributed by atoms with van der Waals surface area (Å²) in [6.45, 7) is 0.519. The van der Waals surface area contributed by atoms with Crippen molar-refractivity contribution in [3.05, 3.63) is 71.8 Å². The van der Waals surface area contributed by atoms with Crippen molar-refractivity contribution in [1.82, 2.24) is 10.6 Å². The van der Waals surface area contributed by atoms with E-state index < -0.39 is 11.9 Å². The zero-order chi connectivity index (χ0) is 15.6. The maximum atomic E-state index is 11.8. The molecule has 0 spiro atoms. The molecule has 0 radical (unpaired) electrons. The summed E-state index contributed by atoms with van der Waals surface area (Å²) in [6, 6.07) is 18.4. The van der Waals surface area contributed by atoms with Crippen molar-refractivity contribution in [1.29, 1.82) is 0 Å². The molecule has 3 amide bonds. The summed E-state index contributed by atoms with van der Waals surface area (Å²) in [5.74, 6) is 1.31. The Balaban J connectivity index is 1.61. The molecule has 2 aromatic carbocycles. The van der Waals surface area contributed by atoms with Crippen molar-refractivity contribution in [2.75, 3.05) is 12.3 Å². The number of thioether (sulfide) groups is 1. The topological polar surface area (TPSA) is 58.2 Å². The average Bonchev–Trinajstić information content (AvgIpc) is 2.56. The zero-order valence-corrected chi connectivity index (χ0v) is 12.9. The van der Waals surface area contributed by atoms with Gasteiger partial charge in [-0.3, -0.25) is 10.1 Å². The minimum atomic E-state index is -0.464. The van der Waals surface area contributed by atoms with Crippen molar-refractivity contribution in [2.45, 2.75) is 5.75 Å². The fraction of sp³-hybridized carbons (Fsp3) is 0.176. The van der Waals surface area contributed by atoms with Gasteiger partial charge in [0.05, 0.1) is 0 Å². The van der Waals surface area contributed by atoms with E-state index in [0.717, 1.165) is 11.5 Å². The second-order valence-electron chi connectivity index (χ2n) is 4.61. The number of benzene rings is 2. The summed E-state index contributed by atoms with van der Waals surface area (Å²) in [5, 5.41) is 4.98. The van der Waals surface area contributed by atoms with Crippen molar-refractivity contribution >= 4 is 23.7 Å². The maximum Gasteiger partial charge on any atom is 0.321 e. The molecule has 0 bridgehead atoms. The van der Waals surface area contributed by atoms with Gasteiger partial charge in [0.15, 0.2) is 0 Å². The minimum absolute atomic E-state index is 0.393. The number of nitrogens with one attached hydrogen (secondary N) is 2. The van der Waals surface area contributed by atoms with Crippen molar-refractivity contribution < 1.29 is 9.59 Å². The number of carbonyl (C=O) groups is 2. The van der Waals surface area contributed by atoms with Crippen LogP contribution in [0, 0.1) is 0 Å². The molecule has 0 aliphatic carbocycles. The number of amides is 3. The Labute approximate surface area is 134 Å². The summed E-state index contributed by atoms with van der Waals surface area (Å²) >= 11 is 1.74. The number of rotatable bonds is 6. The van der Waals surface area contributed by atoms with Gasteiger partial charge in [0, 0.05) is 23.6 Å². The summed E-state index contributed by atoms with van der Waals surface area (Å²) in [4.78, 5) is 23.4. The molecule has 0 aromatic heterocycles. The van der Waals surface area contributed by atoms with Crippen LogP contribution in [0.25, 0.3) is 0 Å². The molecule has 2 aromatic rings. The molecule has 0 heterocycles. The first-order valence-electron chi connectivity index (χ1n) is 7.01. The fourth-order valence-electron chi connectivity index (χ4n) is 1.81. The third-order valence-corrected chi connectivity index (χ3v) is 3.94. The molecule has 5 heteroatoms. The van der Waals surface area contributed by atoms with Gasteiger partial charge in [0.1, 0.15) is 0 Å². The SMILES string of the molecule is O=C(NCCSCc1ccccc1)NC(=O)c1ccccc1. The molecular weight excluding hydrogens is 296 g/mol. The Hall–Kier alpha value is -2.27. The number of hydrogen-bond donors (Lipinski definition) is 2. The van der Waals surface area contributed by atoms with E-state index >= 15 is 0 Å². The maximum absolute atomic E-state index is 11.8. The van der Waals surface area contributed by atoms with Crippen LogP contribution in [0.1, 0.15) is 15.9 Å². The van der Waals surface area contributed by atoms with E-state index in [1.807, 2.05) is 24.3 Å². The van der Waals surface area contributed by atoms with Crippen LogP contribution in [0.2, 0.25) is 0 Å². The fourth-order valence-corrected chi connectivity index (χ4v) is 2.63. The predicted molar refractivity (Wildman–Crippen MR) is 89.9 cm³/mol. The normalized spacial score (nSPS) is 10.0. The first-order chi connectivity index (χ1) is 10.8. The van der Waals surface area contributed by atoms with E-state index in [2.05, 4.69) is 22.8 Å². The lowest BCUT2D eigenvalue weighted by atomic mass is 10.2. The van der Waals surface area contributed by atoms with Gasteiger partial charge < -0.3 is 5.32 Å². The zero-order valence-electron chi connectivity index (χ0n) is 12.1. The van der Waals surface area contributed by atoms with Gasteiger partial charge in [0.25, 0.3) is 5.91 Å². The molecule has 0 aliphatic rings. The van der Waals surface area contributed by atoms with E-state index in [9.17, 15) is 9.59 Å². The highest BCUT2D eigenvalue weighted by atomic mass is 32.2. The third-order valence-electron chi connectivity index (χ3n) is 2.91. The van der Waals surface area contributed by atoms with Crippen LogP contribution in [0.4, 0.5) is 4.79 Å². The monoisotopic (exact) mass is 314 g/mol. The molecule has 2 rings (SSSR count). The van der Waals surface area contributed by atoms with Crippen LogP contribution < -0.4 is 10.6 Å². The lowest BCUT2D eigenvalue weighted by molar-refractivity contribution is 0.0964. The predicted octanol–water partition coefficient (Wildman–Crippen LogP) is 3.06. The standard InChI is InChI=1S/C17H18N2O2S/c20-16(15-9-5-2-6-10-15)19-17(21)18-11-12-22-13-14-7-3-1-4-8-14/h1-10H,11-13H2,(H2,18,19,20,21).